The van der Waals surface area contributed by atoms with Crippen LogP contribution in [0.2, 0.25) is 5.02 Å². The number of hydrogen-bond donors (Lipinski definition) is 1. The van der Waals surface area contributed by atoms with Crippen molar-refractivity contribution in [1.29, 1.82) is 0 Å². The lowest BCUT2D eigenvalue weighted by atomic mass is 9.84. The number of halogens is 4. The van der Waals surface area contributed by atoms with E-state index in [2.05, 4.69) is 9.98 Å². The summed E-state index contributed by atoms with van der Waals surface area (Å²) in [7, 11) is 0. The number of amidine groups is 1. The molecule has 146 valence electrons. The van der Waals surface area contributed by atoms with E-state index < -0.39 is 35.5 Å². The zero-order valence-electron chi connectivity index (χ0n) is 14.5. The lowest BCUT2D eigenvalue weighted by Crippen LogP contribution is -2.40. The highest BCUT2D eigenvalue weighted by atomic mass is 35.5. The third-order valence-corrected chi connectivity index (χ3v) is 5.29. The SMILES string of the molecule is NC1=N[C@@](CF)(c2cc(CC(=O)c3ccc(Cl)cn3)cc(F)c2F)[C@@H]2C[C@@H]2O1. The number of fused-ring (bicyclic) bond motifs is 1. The molecule has 2 aromatic rings. The molecule has 9 heteroatoms. The molecule has 1 fully saturated rings. The van der Waals surface area contributed by atoms with Crippen LogP contribution in [-0.4, -0.2) is 29.6 Å². The van der Waals surface area contributed by atoms with Gasteiger partial charge in [-0.3, -0.25) is 9.78 Å². The Balaban J connectivity index is 1.72. The summed E-state index contributed by atoms with van der Waals surface area (Å²) < 4.78 is 48.2. The molecule has 1 saturated carbocycles. The van der Waals surface area contributed by atoms with Gasteiger partial charge >= 0.3 is 0 Å². The first-order chi connectivity index (χ1) is 13.3. The van der Waals surface area contributed by atoms with Crippen molar-refractivity contribution >= 4 is 23.4 Å². The Bertz CT molecular complexity index is 983. The van der Waals surface area contributed by atoms with Crippen molar-refractivity contribution in [3.63, 3.8) is 0 Å². The molecular formula is C19H15ClF3N3O2. The Morgan fingerprint density at radius 3 is 2.82 bits per heavy atom. The highest BCUT2D eigenvalue weighted by Crippen LogP contribution is 2.53. The minimum Gasteiger partial charge on any atom is -0.462 e. The molecular weight excluding hydrogens is 395 g/mol. The number of rotatable bonds is 5. The number of nitrogens with zero attached hydrogens (tertiary/aromatic N) is 2. The van der Waals surface area contributed by atoms with Gasteiger partial charge in [-0.05, 0) is 36.2 Å². The maximum atomic E-state index is 14.6. The number of Topliss-reactive ketones (excluding diaryl/α,β-unsaturated/α-hetero) is 1. The molecule has 1 aliphatic heterocycles. The summed E-state index contributed by atoms with van der Waals surface area (Å²) in [4.78, 5) is 20.3. The molecule has 2 aliphatic rings. The van der Waals surface area contributed by atoms with Gasteiger partial charge in [-0.15, -0.1) is 0 Å². The average Bonchev–Trinajstić information content (AvgIpc) is 3.44. The van der Waals surface area contributed by atoms with E-state index in [0.29, 0.717) is 11.4 Å². The van der Waals surface area contributed by atoms with Crippen molar-refractivity contribution in [1.82, 2.24) is 4.98 Å². The number of benzene rings is 1. The summed E-state index contributed by atoms with van der Waals surface area (Å²) in [5.41, 5.74) is 4.00. The van der Waals surface area contributed by atoms with E-state index in [4.69, 9.17) is 22.1 Å². The fourth-order valence-electron chi connectivity index (χ4n) is 3.61. The van der Waals surface area contributed by atoms with Gasteiger partial charge in [0.1, 0.15) is 24.0 Å². The Labute approximate surface area is 163 Å². The summed E-state index contributed by atoms with van der Waals surface area (Å²) in [6.45, 7) is -1.06. The zero-order chi connectivity index (χ0) is 20.1. The molecule has 0 bridgehead atoms. The lowest BCUT2D eigenvalue weighted by Gasteiger charge is -2.31. The highest BCUT2D eigenvalue weighted by Gasteiger charge is 2.60. The third-order valence-electron chi connectivity index (χ3n) is 5.06. The third kappa shape index (κ3) is 3.11. The van der Waals surface area contributed by atoms with E-state index >= 15 is 0 Å². The van der Waals surface area contributed by atoms with Crippen LogP contribution in [0.15, 0.2) is 35.5 Å². The van der Waals surface area contributed by atoms with Crippen molar-refractivity contribution in [2.24, 2.45) is 16.6 Å². The van der Waals surface area contributed by atoms with Gasteiger partial charge in [0.25, 0.3) is 6.02 Å². The first-order valence-electron chi connectivity index (χ1n) is 8.55. The van der Waals surface area contributed by atoms with E-state index in [1.54, 1.807) is 0 Å². The molecule has 3 atom stereocenters. The number of ketones is 1. The fourth-order valence-corrected chi connectivity index (χ4v) is 3.72. The zero-order valence-corrected chi connectivity index (χ0v) is 15.2. The molecule has 0 amide bonds. The summed E-state index contributed by atoms with van der Waals surface area (Å²) >= 11 is 5.75. The van der Waals surface area contributed by atoms with Crippen LogP contribution in [0.3, 0.4) is 0 Å². The molecule has 0 unspecified atom stereocenters. The van der Waals surface area contributed by atoms with E-state index in [0.717, 1.165) is 6.07 Å². The van der Waals surface area contributed by atoms with Crippen LogP contribution in [0, 0.1) is 17.6 Å². The largest absolute Gasteiger partial charge is 0.462 e. The lowest BCUT2D eigenvalue weighted by molar-refractivity contribution is 0.0988. The second-order valence-electron chi connectivity index (χ2n) is 6.91. The van der Waals surface area contributed by atoms with Crippen molar-refractivity contribution < 1.29 is 22.7 Å². The number of carbonyl (C=O) groups excluding carboxylic acids is 1. The standard InChI is InChI=1S/C19H15ClF3N3O2/c20-10-1-2-14(25-7-10)15(27)5-9-3-12(17(23)13(22)4-9)19(8-21)11-6-16(11)28-18(24)26-19/h1-4,7,11,16H,5-6,8H2,(H2,24,26)/t11-,16+,19-/m1/s1. The van der Waals surface area contributed by atoms with Crippen LogP contribution in [0.1, 0.15) is 28.0 Å². The first-order valence-corrected chi connectivity index (χ1v) is 8.93. The van der Waals surface area contributed by atoms with Crippen LogP contribution >= 0.6 is 11.6 Å². The average molecular weight is 410 g/mol. The van der Waals surface area contributed by atoms with Crippen LogP contribution in [-0.2, 0) is 16.7 Å². The van der Waals surface area contributed by atoms with Gasteiger partial charge in [0, 0.05) is 24.1 Å². The molecule has 2 heterocycles. The van der Waals surface area contributed by atoms with E-state index in [1.807, 2.05) is 0 Å². The minimum atomic E-state index is -1.66. The summed E-state index contributed by atoms with van der Waals surface area (Å²) in [5, 5.41) is 0.366. The smallest absolute Gasteiger partial charge is 0.283 e. The predicted molar refractivity (Wildman–Crippen MR) is 95.9 cm³/mol. The van der Waals surface area contributed by atoms with Gasteiger partial charge in [0.2, 0.25) is 0 Å². The minimum absolute atomic E-state index is 0.131. The second kappa shape index (κ2) is 6.77. The highest BCUT2D eigenvalue weighted by molar-refractivity contribution is 6.30. The van der Waals surface area contributed by atoms with Gasteiger partial charge in [-0.1, -0.05) is 11.6 Å². The Kier molecular flexibility index (Phi) is 4.53. The van der Waals surface area contributed by atoms with E-state index in [-0.39, 0.29) is 35.4 Å². The topological polar surface area (TPSA) is 77.6 Å². The van der Waals surface area contributed by atoms with Gasteiger partial charge < -0.3 is 10.5 Å². The van der Waals surface area contributed by atoms with Crippen LogP contribution in [0.5, 0.6) is 0 Å². The summed E-state index contributed by atoms with van der Waals surface area (Å²) in [6, 6.07) is 4.86. The Hall–Kier alpha value is -2.61. The number of alkyl halides is 1. The molecule has 0 spiro atoms. The normalized spacial score (nSPS) is 25.5. The molecule has 5 nitrogen and oxygen atoms in total. The van der Waals surface area contributed by atoms with Crippen molar-refractivity contribution in [2.75, 3.05) is 6.67 Å². The number of aliphatic imine (C=N–C) groups is 1. The molecule has 1 aliphatic carbocycles. The van der Waals surface area contributed by atoms with Crippen LogP contribution in [0.25, 0.3) is 0 Å². The number of aromatic nitrogens is 1. The number of hydrogen-bond acceptors (Lipinski definition) is 5. The summed E-state index contributed by atoms with van der Waals surface area (Å²) in [6.07, 6.45) is 1.13. The first kappa shape index (κ1) is 18.7. The van der Waals surface area contributed by atoms with Crippen LogP contribution < -0.4 is 5.73 Å². The number of carbonyl (C=O) groups is 1. The van der Waals surface area contributed by atoms with Gasteiger partial charge in [0.15, 0.2) is 17.4 Å². The maximum absolute atomic E-state index is 14.6. The number of nitrogens with two attached hydrogens (primary N) is 1. The predicted octanol–water partition coefficient (Wildman–Crippen LogP) is 3.34. The van der Waals surface area contributed by atoms with Crippen LogP contribution in [0.4, 0.5) is 13.2 Å². The van der Waals surface area contributed by atoms with Gasteiger partial charge in [-0.25, -0.2) is 18.2 Å². The van der Waals surface area contributed by atoms with Crippen molar-refractivity contribution in [2.45, 2.75) is 24.5 Å². The molecule has 1 aromatic heterocycles. The monoisotopic (exact) mass is 409 g/mol. The molecule has 1 aromatic carbocycles. The fraction of sp³-hybridized carbons (Fsp3) is 0.316. The van der Waals surface area contributed by atoms with E-state index in [9.17, 15) is 18.0 Å². The molecule has 0 radical (unpaired) electrons. The second-order valence-corrected chi connectivity index (χ2v) is 7.34. The Morgan fingerprint density at radius 2 is 2.14 bits per heavy atom. The van der Waals surface area contributed by atoms with Gasteiger partial charge in [0.05, 0.1) is 5.02 Å². The maximum Gasteiger partial charge on any atom is 0.283 e. The molecule has 28 heavy (non-hydrogen) atoms. The van der Waals surface area contributed by atoms with Crippen molar-refractivity contribution in [3.8, 4) is 0 Å². The molecule has 4 rings (SSSR count). The number of pyridine rings is 1. The number of ether oxygens (including phenoxy) is 1. The van der Waals surface area contributed by atoms with Gasteiger partial charge in [-0.2, -0.15) is 0 Å². The molecule has 0 saturated heterocycles. The Morgan fingerprint density at radius 1 is 1.36 bits per heavy atom. The summed E-state index contributed by atoms with van der Waals surface area (Å²) in [5.74, 6) is -3.25. The quantitative estimate of drug-likeness (QED) is 0.768. The van der Waals surface area contributed by atoms with E-state index in [1.165, 1.54) is 24.4 Å². The van der Waals surface area contributed by atoms with Crippen molar-refractivity contribution in [3.05, 3.63) is 63.9 Å². The molecule has 2 N–H and O–H groups in total.